The second-order valence-electron chi connectivity index (χ2n) is 5.73. The molecule has 6 nitrogen and oxygen atoms in total. The summed E-state index contributed by atoms with van der Waals surface area (Å²) in [5, 5.41) is 0. The molecule has 0 saturated heterocycles. The van der Waals surface area contributed by atoms with E-state index in [2.05, 4.69) is 11.6 Å². The summed E-state index contributed by atoms with van der Waals surface area (Å²) in [5.41, 5.74) is 2.20. The van der Waals surface area contributed by atoms with Crippen LogP contribution < -0.4 is 14.5 Å². The Morgan fingerprint density at radius 1 is 1.33 bits per heavy atom. The van der Waals surface area contributed by atoms with E-state index in [1.165, 1.54) is 9.80 Å². The summed E-state index contributed by atoms with van der Waals surface area (Å²) in [4.78, 5) is 21.2. The van der Waals surface area contributed by atoms with Crippen LogP contribution in [0.25, 0.3) is 0 Å². The van der Waals surface area contributed by atoms with Crippen molar-refractivity contribution in [1.82, 2.24) is 4.90 Å². The van der Waals surface area contributed by atoms with Gasteiger partial charge in [0.05, 0.1) is 17.5 Å². The maximum atomic E-state index is 14.0. The second-order valence-corrected chi connectivity index (χ2v) is 5.73. The van der Waals surface area contributed by atoms with Gasteiger partial charge in [0.1, 0.15) is 12.4 Å². The molecule has 1 aromatic carbocycles. The minimum Gasteiger partial charge on any atom is -0.485 e. The molecule has 0 bridgehead atoms. The van der Waals surface area contributed by atoms with E-state index >= 15 is 0 Å². The molecule has 0 saturated carbocycles. The number of hydrogen-bond acceptors (Lipinski definition) is 5. The highest BCUT2D eigenvalue weighted by Gasteiger charge is 2.34. The van der Waals surface area contributed by atoms with Crippen LogP contribution in [0.3, 0.4) is 0 Å². The molecule has 0 spiro atoms. The molecule has 0 atom stereocenters. The maximum Gasteiger partial charge on any atom is 0.262 e. The fourth-order valence-electron chi connectivity index (χ4n) is 2.83. The number of carbonyl (C=O) groups is 1. The number of likely N-dealkylation sites (N-methyl/N-ethyl adjacent to an activating group) is 1. The number of guanidine groups is 1. The Morgan fingerprint density at radius 2 is 2.07 bits per heavy atom. The molecular formula is C18H17F3N4O2. The van der Waals surface area contributed by atoms with Gasteiger partial charge in [-0.25, -0.2) is 18.7 Å². The van der Waals surface area contributed by atoms with Crippen molar-refractivity contribution >= 4 is 23.2 Å². The van der Waals surface area contributed by atoms with Gasteiger partial charge in [0.15, 0.2) is 0 Å². The number of amides is 1. The summed E-state index contributed by atoms with van der Waals surface area (Å²) in [5.74, 6) is -0.120. The standard InChI is InChI=1S/C17H15FN4O2.CH2F2/c1-11-10-24-14-5-4-12(8-13(14)20(11)2)22-16(23)9-15(18)21-7-3-6-19-17(21)22;2-1-3/h3-6,8-9H,1,7,10H2,2H3;1H2. The minimum absolute atomic E-state index is 0.251. The van der Waals surface area contributed by atoms with Crippen LogP contribution in [0.5, 0.6) is 5.75 Å². The number of ether oxygens (including phenoxy) is 1. The summed E-state index contributed by atoms with van der Waals surface area (Å²) in [6.07, 6.45) is 4.26. The first-order chi connectivity index (χ1) is 13.0. The van der Waals surface area contributed by atoms with Crippen molar-refractivity contribution in [2.45, 2.75) is 0 Å². The van der Waals surface area contributed by atoms with Gasteiger partial charge in [0, 0.05) is 25.5 Å². The van der Waals surface area contributed by atoms with Crippen LogP contribution in [-0.2, 0) is 4.79 Å². The Hall–Kier alpha value is -3.23. The van der Waals surface area contributed by atoms with Crippen LogP contribution in [-0.4, -0.2) is 43.9 Å². The number of nitrogens with zero attached hydrogens (tertiary/aromatic N) is 4. The normalized spacial score (nSPS) is 18.0. The molecule has 0 radical (unpaired) electrons. The number of halogens is 3. The molecule has 0 N–H and O–H groups in total. The summed E-state index contributed by atoms with van der Waals surface area (Å²) in [6, 6.07) is 5.36. The molecule has 27 heavy (non-hydrogen) atoms. The number of aliphatic imine (C=N–C) groups is 1. The highest BCUT2D eigenvalue weighted by Crippen LogP contribution is 2.38. The molecule has 3 aliphatic rings. The fraction of sp³-hybridized carbons (Fsp3) is 0.222. The predicted molar refractivity (Wildman–Crippen MR) is 96.5 cm³/mol. The van der Waals surface area contributed by atoms with Gasteiger partial charge < -0.3 is 9.64 Å². The zero-order valence-electron chi connectivity index (χ0n) is 14.5. The number of alkyl halides is 2. The molecule has 3 heterocycles. The van der Waals surface area contributed by atoms with E-state index in [1.54, 1.807) is 24.4 Å². The van der Waals surface area contributed by atoms with Crippen LogP contribution >= 0.6 is 0 Å². The van der Waals surface area contributed by atoms with Crippen LogP contribution in [0.15, 0.2) is 59.8 Å². The molecule has 0 unspecified atom stereocenters. The maximum absolute atomic E-state index is 14.0. The van der Waals surface area contributed by atoms with Gasteiger partial charge in [-0.15, -0.1) is 0 Å². The molecule has 1 aromatic rings. The Kier molecular flexibility index (Phi) is 5.20. The molecule has 0 fully saturated rings. The van der Waals surface area contributed by atoms with Crippen molar-refractivity contribution in [2.75, 3.05) is 36.9 Å². The van der Waals surface area contributed by atoms with E-state index in [1.807, 2.05) is 18.0 Å². The second kappa shape index (κ2) is 7.56. The molecule has 4 rings (SSSR count). The highest BCUT2D eigenvalue weighted by atomic mass is 19.3. The number of carbonyl (C=O) groups excluding carboxylic acids is 1. The number of fused-ring (bicyclic) bond motifs is 2. The third-order valence-corrected chi connectivity index (χ3v) is 4.18. The van der Waals surface area contributed by atoms with Gasteiger partial charge in [-0.05, 0) is 24.3 Å². The third-order valence-electron chi connectivity index (χ3n) is 4.18. The van der Waals surface area contributed by atoms with Crippen molar-refractivity contribution in [2.24, 2.45) is 4.99 Å². The van der Waals surface area contributed by atoms with Crippen LogP contribution in [0, 0.1) is 0 Å². The monoisotopic (exact) mass is 378 g/mol. The van der Waals surface area contributed by atoms with Gasteiger partial charge in [0.2, 0.25) is 18.8 Å². The Labute approximate surface area is 154 Å². The molecule has 0 aliphatic carbocycles. The first-order valence-electron chi connectivity index (χ1n) is 7.99. The molecule has 0 aromatic heterocycles. The Bertz CT molecular complexity index is 866. The van der Waals surface area contributed by atoms with E-state index in [0.717, 1.165) is 17.5 Å². The molecular weight excluding hydrogens is 361 g/mol. The van der Waals surface area contributed by atoms with Crippen LogP contribution in [0.4, 0.5) is 24.5 Å². The lowest BCUT2D eigenvalue weighted by Crippen LogP contribution is -2.50. The average Bonchev–Trinajstić information content (AvgIpc) is 2.66. The SMILES string of the molecule is C=C1COc2ccc(N3C(=O)C=C(F)N4CC=CN=C43)cc2N1C.FCF. The molecule has 9 heteroatoms. The number of hydrogen-bond donors (Lipinski definition) is 0. The first-order valence-corrected chi connectivity index (χ1v) is 7.99. The van der Waals surface area contributed by atoms with Crippen molar-refractivity contribution in [1.29, 1.82) is 0 Å². The zero-order valence-corrected chi connectivity index (χ0v) is 14.5. The van der Waals surface area contributed by atoms with Gasteiger partial charge >= 0.3 is 0 Å². The molecule has 3 aliphatic heterocycles. The van der Waals surface area contributed by atoms with E-state index < -0.39 is 18.8 Å². The summed E-state index contributed by atoms with van der Waals surface area (Å²) in [7, 11) is 1.89. The summed E-state index contributed by atoms with van der Waals surface area (Å²) >= 11 is 0. The first kappa shape index (κ1) is 18.6. The number of anilines is 2. The Balaban J connectivity index is 0.000000659. The number of rotatable bonds is 1. The molecule has 1 amide bonds. The van der Waals surface area contributed by atoms with Crippen LogP contribution in [0.2, 0.25) is 0 Å². The predicted octanol–water partition coefficient (Wildman–Crippen LogP) is 3.25. The zero-order chi connectivity index (χ0) is 19.6. The van der Waals surface area contributed by atoms with Gasteiger partial charge in [-0.3, -0.25) is 9.69 Å². The molecule has 142 valence electrons. The van der Waals surface area contributed by atoms with E-state index in [4.69, 9.17) is 4.74 Å². The lowest BCUT2D eigenvalue weighted by atomic mass is 10.1. The lowest BCUT2D eigenvalue weighted by Gasteiger charge is -2.36. The number of benzene rings is 1. The van der Waals surface area contributed by atoms with Crippen molar-refractivity contribution in [3.05, 3.63) is 54.8 Å². The van der Waals surface area contributed by atoms with Gasteiger partial charge in [0.25, 0.3) is 5.91 Å². The van der Waals surface area contributed by atoms with E-state index in [0.29, 0.717) is 24.6 Å². The van der Waals surface area contributed by atoms with E-state index in [-0.39, 0.29) is 5.96 Å². The average molecular weight is 378 g/mol. The van der Waals surface area contributed by atoms with Crippen molar-refractivity contribution < 1.29 is 22.7 Å². The topological polar surface area (TPSA) is 48.4 Å². The smallest absolute Gasteiger partial charge is 0.262 e. The summed E-state index contributed by atoms with van der Waals surface area (Å²) in [6.45, 7) is 2.95. The third kappa shape index (κ3) is 3.40. The minimum atomic E-state index is -1.75. The quantitative estimate of drug-likeness (QED) is 0.704. The largest absolute Gasteiger partial charge is 0.485 e. The van der Waals surface area contributed by atoms with Crippen LogP contribution in [0.1, 0.15) is 0 Å². The van der Waals surface area contributed by atoms with Crippen molar-refractivity contribution in [3.8, 4) is 5.75 Å². The van der Waals surface area contributed by atoms with Gasteiger partial charge in [-0.1, -0.05) is 6.58 Å². The van der Waals surface area contributed by atoms with Gasteiger partial charge in [-0.2, -0.15) is 4.39 Å². The van der Waals surface area contributed by atoms with Crippen molar-refractivity contribution in [3.63, 3.8) is 0 Å². The fourth-order valence-corrected chi connectivity index (χ4v) is 2.83. The highest BCUT2D eigenvalue weighted by molar-refractivity contribution is 6.22. The van der Waals surface area contributed by atoms with E-state index in [9.17, 15) is 18.0 Å². The summed E-state index contributed by atoms with van der Waals surface area (Å²) < 4.78 is 38.9. The Morgan fingerprint density at radius 3 is 2.81 bits per heavy atom. The lowest BCUT2D eigenvalue weighted by molar-refractivity contribution is -0.113.